The van der Waals surface area contributed by atoms with Gasteiger partial charge in [0.15, 0.2) is 11.7 Å². The Morgan fingerprint density at radius 2 is 2.00 bits per heavy atom. The number of ether oxygens (including phenoxy) is 2. The van der Waals surface area contributed by atoms with E-state index in [-0.39, 0.29) is 11.7 Å². The van der Waals surface area contributed by atoms with Crippen molar-refractivity contribution in [3.63, 3.8) is 0 Å². The molecule has 1 aromatic carbocycles. The zero-order valence-corrected chi connectivity index (χ0v) is 14.7. The third kappa shape index (κ3) is 6.74. The van der Waals surface area contributed by atoms with Crippen molar-refractivity contribution in [1.29, 1.82) is 0 Å². The number of benzene rings is 1. The molecule has 0 aliphatic heterocycles. The van der Waals surface area contributed by atoms with Crippen molar-refractivity contribution < 1.29 is 19.1 Å². The van der Waals surface area contributed by atoms with Crippen LogP contribution in [0.25, 0.3) is 0 Å². The molecule has 2 amide bonds. The smallest absolute Gasteiger partial charge is 0.425 e. The normalized spacial score (nSPS) is 9.48. The number of nitrogens with one attached hydrogen (secondary N) is 3. The van der Waals surface area contributed by atoms with Crippen LogP contribution >= 0.6 is 44.1 Å². The lowest BCUT2D eigenvalue weighted by molar-refractivity contribution is -0.121. The van der Waals surface area contributed by atoms with Gasteiger partial charge in [0.2, 0.25) is 0 Å². The highest BCUT2D eigenvalue weighted by Crippen LogP contribution is 2.27. The largest absolute Gasteiger partial charge is 0.483 e. The number of hydrogen-bond acceptors (Lipinski definition) is 5. The van der Waals surface area contributed by atoms with Crippen LogP contribution in [0.4, 0.5) is 4.79 Å². The molecule has 0 bridgehead atoms. The molecule has 114 valence electrons. The third-order valence-electron chi connectivity index (χ3n) is 1.97. The second-order valence-corrected chi connectivity index (χ2v) is 5.66. The fourth-order valence-electron chi connectivity index (χ4n) is 1.09. The number of methoxy groups -OCH3 is 1. The van der Waals surface area contributed by atoms with Crippen LogP contribution in [0, 0.1) is 0 Å². The topological polar surface area (TPSA) is 88.7 Å². The molecule has 0 saturated carbocycles. The van der Waals surface area contributed by atoms with E-state index in [1.807, 2.05) is 0 Å². The maximum Gasteiger partial charge on any atom is 0.425 e. The molecule has 10 heteroatoms. The number of halogens is 2. The van der Waals surface area contributed by atoms with E-state index in [9.17, 15) is 9.59 Å². The minimum Gasteiger partial charge on any atom is -0.483 e. The Hall–Kier alpha value is -1.39. The van der Waals surface area contributed by atoms with Crippen LogP contribution in [-0.2, 0) is 9.53 Å². The average molecular weight is 441 g/mol. The first-order valence-electron chi connectivity index (χ1n) is 5.44. The van der Waals surface area contributed by atoms with Crippen LogP contribution < -0.4 is 20.9 Å². The molecule has 0 aliphatic carbocycles. The van der Waals surface area contributed by atoms with Gasteiger partial charge in [0.25, 0.3) is 5.91 Å². The van der Waals surface area contributed by atoms with Crippen molar-refractivity contribution in [2.75, 3.05) is 13.7 Å². The molecule has 7 nitrogen and oxygen atoms in total. The number of amides is 2. The molecule has 0 unspecified atom stereocenters. The standard InChI is InChI=1S/C11H11Br2N3O4S/c1-19-11(18)16-15-10(21)14-9(17)5-20-8-3-2-6(12)4-7(8)13/h2-4H,5H2,1H3,(H,16,18)(H2,14,15,17,21). The SMILES string of the molecule is COC(=O)NNC(=S)NC(=O)COc1ccc(Br)cc1Br. The first-order valence-corrected chi connectivity index (χ1v) is 7.43. The molecular weight excluding hydrogens is 430 g/mol. The molecule has 0 fully saturated rings. The van der Waals surface area contributed by atoms with E-state index in [1.165, 1.54) is 7.11 Å². The van der Waals surface area contributed by atoms with Gasteiger partial charge in [-0.05, 0) is 46.3 Å². The lowest BCUT2D eigenvalue weighted by Crippen LogP contribution is -2.49. The summed E-state index contributed by atoms with van der Waals surface area (Å²) in [6.07, 6.45) is -0.735. The van der Waals surface area contributed by atoms with Gasteiger partial charge in [0, 0.05) is 4.47 Å². The summed E-state index contributed by atoms with van der Waals surface area (Å²) in [7, 11) is 1.20. The van der Waals surface area contributed by atoms with E-state index in [4.69, 9.17) is 17.0 Å². The summed E-state index contributed by atoms with van der Waals surface area (Å²) < 4.78 is 11.2. The maximum absolute atomic E-state index is 11.6. The molecule has 0 heterocycles. The fraction of sp³-hybridized carbons (Fsp3) is 0.182. The fourth-order valence-corrected chi connectivity index (χ4v) is 2.41. The first kappa shape index (κ1) is 17.7. The zero-order valence-electron chi connectivity index (χ0n) is 10.7. The van der Waals surface area contributed by atoms with Gasteiger partial charge in [-0.25, -0.2) is 10.2 Å². The molecule has 3 N–H and O–H groups in total. The molecule has 1 aromatic rings. The Morgan fingerprint density at radius 1 is 1.29 bits per heavy atom. The highest BCUT2D eigenvalue weighted by atomic mass is 79.9. The van der Waals surface area contributed by atoms with Crippen LogP contribution in [0.5, 0.6) is 5.75 Å². The van der Waals surface area contributed by atoms with Gasteiger partial charge < -0.3 is 9.47 Å². The minimum absolute atomic E-state index is 0.0797. The molecule has 0 aromatic heterocycles. The van der Waals surface area contributed by atoms with Crippen molar-refractivity contribution in [2.24, 2.45) is 0 Å². The number of carbonyl (C=O) groups excluding carboxylic acids is 2. The Kier molecular flexibility index (Phi) is 7.40. The number of carbonyl (C=O) groups is 2. The van der Waals surface area contributed by atoms with Gasteiger partial charge in [0.05, 0.1) is 11.6 Å². The van der Waals surface area contributed by atoms with Crippen molar-refractivity contribution in [3.05, 3.63) is 27.1 Å². The second kappa shape index (κ2) is 8.80. The zero-order chi connectivity index (χ0) is 15.8. The predicted molar refractivity (Wildman–Crippen MR) is 86.8 cm³/mol. The van der Waals surface area contributed by atoms with E-state index in [0.29, 0.717) is 10.2 Å². The average Bonchev–Trinajstić information content (AvgIpc) is 2.43. The number of rotatable bonds is 3. The van der Waals surface area contributed by atoms with E-state index in [1.54, 1.807) is 18.2 Å². The molecule has 0 atom stereocenters. The van der Waals surface area contributed by atoms with Gasteiger partial charge in [-0.2, -0.15) is 0 Å². The Bertz CT molecular complexity index is 556. The van der Waals surface area contributed by atoms with Gasteiger partial charge in [-0.3, -0.25) is 15.5 Å². The highest BCUT2D eigenvalue weighted by Gasteiger charge is 2.08. The van der Waals surface area contributed by atoms with E-state index in [2.05, 4.69) is 52.8 Å². The molecule has 1 rings (SSSR count). The molecule has 0 saturated heterocycles. The van der Waals surface area contributed by atoms with Crippen molar-refractivity contribution in [2.45, 2.75) is 0 Å². The Labute approximate surface area is 143 Å². The number of hydrazine groups is 1. The van der Waals surface area contributed by atoms with Crippen LogP contribution in [0.1, 0.15) is 0 Å². The monoisotopic (exact) mass is 439 g/mol. The maximum atomic E-state index is 11.6. The highest BCUT2D eigenvalue weighted by molar-refractivity contribution is 9.11. The van der Waals surface area contributed by atoms with Crippen LogP contribution in [0.15, 0.2) is 27.1 Å². The van der Waals surface area contributed by atoms with E-state index in [0.717, 1.165) is 4.47 Å². The molecule has 0 aliphatic rings. The minimum atomic E-state index is -0.735. The summed E-state index contributed by atoms with van der Waals surface area (Å²) in [5, 5.41) is 2.24. The molecule has 21 heavy (non-hydrogen) atoms. The third-order valence-corrected chi connectivity index (χ3v) is 3.29. The van der Waals surface area contributed by atoms with Gasteiger partial charge in [-0.15, -0.1) is 0 Å². The van der Waals surface area contributed by atoms with Gasteiger partial charge in [-0.1, -0.05) is 15.9 Å². The van der Waals surface area contributed by atoms with Gasteiger partial charge >= 0.3 is 6.09 Å². The van der Waals surface area contributed by atoms with Crippen LogP contribution in [-0.4, -0.2) is 30.8 Å². The van der Waals surface area contributed by atoms with E-state index >= 15 is 0 Å². The summed E-state index contributed by atoms with van der Waals surface area (Å²) in [5.74, 6) is 0.0360. The lowest BCUT2D eigenvalue weighted by Gasteiger charge is -2.11. The summed E-state index contributed by atoms with van der Waals surface area (Å²) >= 11 is 11.4. The lowest BCUT2D eigenvalue weighted by atomic mass is 10.3. The predicted octanol–water partition coefficient (Wildman–Crippen LogP) is 1.85. The van der Waals surface area contributed by atoms with Gasteiger partial charge in [0.1, 0.15) is 5.75 Å². The quantitative estimate of drug-likeness (QED) is 0.491. The molecule has 0 radical (unpaired) electrons. The molecular formula is C11H11Br2N3O4S. The molecule has 0 spiro atoms. The van der Waals surface area contributed by atoms with E-state index < -0.39 is 12.0 Å². The van der Waals surface area contributed by atoms with Crippen LogP contribution in [0.2, 0.25) is 0 Å². The summed E-state index contributed by atoms with van der Waals surface area (Å²) in [5.41, 5.74) is 4.39. The Morgan fingerprint density at radius 3 is 2.62 bits per heavy atom. The first-order chi connectivity index (χ1) is 9.92. The van der Waals surface area contributed by atoms with Crippen molar-refractivity contribution in [3.8, 4) is 5.75 Å². The summed E-state index contributed by atoms with van der Waals surface area (Å²) in [6, 6.07) is 5.28. The Balaban J connectivity index is 2.37. The van der Waals surface area contributed by atoms with Crippen molar-refractivity contribution >= 4 is 61.2 Å². The summed E-state index contributed by atoms with van der Waals surface area (Å²) in [4.78, 5) is 22.4. The number of hydrogen-bond donors (Lipinski definition) is 3. The second-order valence-electron chi connectivity index (χ2n) is 3.48. The summed E-state index contributed by atoms with van der Waals surface area (Å²) in [6.45, 7) is -0.236. The van der Waals surface area contributed by atoms with Crippen molar-refractivity contribution in [1.82, 2.24) is 16.2 Å². The van der Waals surface area contributed by atoms with Crippen LogP contribution in [0.3, 0.4) is 0 Å². The number of thiocarbonyl (C=S) groups is 1.